The minimum absolute atomic E-state index is 0.0825. The van der Waals surface area contributed by atoms with Crippen LogP contribution in [0.15, 0.2) is 71.7 Å². The van der Waals surface area contributed by atoms with Crippen molar-refractivity contribution in [2.24, 2.45) is 0 Å². The zero-order valence-electron chi connectivity index (χ0n) is 17.6. The van der Waals surface area contributed by atoms with Crippen molar-refractivity contribution >= 4 is 17.1 Å². The first-order valence-electron chi connectivity index (χ1n) is 10.2. The topological polar surface area (TPSA) is 76.9 Å². The predicted molar refractivity (Wildman–Crippen MR) is 118 cm³/mol. The van der Waals surface area contributed by atoms with Gasteiger partial charge in [0.1, 0.15) is 11.2 Å². The van der Waals surface area contributed by atoms with Crippen molar-refractivity contribution in [1.82, 2.24) is 19.9 Å². The van der Waals surface area contributed by atoms with Crippen molar-refractivity contribution in [2.45, 2.75) is 26.2 Å². The monoisotopic (exact) mass is 452 g/mol. The van der Waals surface area contributed by atoms with Gasteiger partial charge in [-0.15, -0.1) is 0 Å². The van der Waals surface area contributed by atoms with Crippen molar-refractivity contribution in [3.05, 3.63) is 93.9 Å². The number of amides is 1. The number of rotatable bonds is 5. The van der Waals surface area contributed by atoms with Crippen LogP contribution in [0.4, 0.5) is 13.2 Å². The molecule has 0 saturated carbocycles. The molecule has 0 bridgehead atoms. The maximum atomic E-state index is 12.9. The third-order valence-corrected chi connectivity index (χ3v) is 5.17. The van der Waals surface area contributed by atoms with Gasteiger partial charge in [-0.25, -0.2) is 9.97 Å². The Morgan fingerprint density at radius 1 is 1.03 bits per heavy atom. The summed E-state index contributed by atoms with van der Waals surface area (Å²) >= 11 is 0. The van der Waals surface area contributed by atoms with Crippen molar-refractivity contribution in [3.8, 4) is 11.3 Å². The third-order valence-electron chi connectivity index (χ3n) is 5.17. The number of pyridine rings is 1. The van der Waals surface area contributed by atoms with E-state index >= 15 is 0 Å². The van der Waals surface area contributed by atoms with Gasteiger partial charge in [0.05, 0.1) is 5.56 Å². The van der Waals surface area contributed by atoms with Crippen LogP contribution in [0.2, 0.25) is 0 Å². The Bertz CT molecular complexity index is 1360. The molecule has 0 aliphatic rings. The van der Waals surface area contributed by atoms with Crippen LogP contribution in [0, 0.1) is 0 Å². The van der Waals surface area contributed by atoms with Gasteiger partial charge in [0, 0.05) is 30.4 Å². The SMILES string of the molecule is CCn1c(=O)c(-c2ccc(C(=O)NCc3ccc(C(F)(F)F)cc3)cc2)nc2cccnc21. The van der Waals surface area contributed by atoms with Gasteiger partial charge in [0.25, 0.3) is 11.5 Å². The summed E-state index contributed by atoms with van der Waals surface area (Å²) in [6.07, 6.45) is -2.80. The molecule has 1 N–H and O–H groups in total. The lowest BCUT2D eigenvalue weighted by molar-refractivity contribution is -0.137. The highest BCUT2D eigenvalue weighted by atomic mass is 19.4. The number of nitrogens with one attached hydrogen (secondary N) is 1. The molecule has 0 aliphatic heterocycles. The van der Waals surface area contributed by atoms with Crippen LogP contribution < -0.4 is 10.9 Å². The first kappa shape index (κ1) is 22.2. The van der Waals surface area contributed by atoms with Crippen molar-refractivity contribution in [3.63, 3.8) is 0 Å². The minimum Gasteiger partial charge on any atom is -0.348 e. The van der Waals surface area contributed by atoms with E-state index in [0.29, 0.717) is 34.4 Å². The lowest BCUT2D eigenvalue weighted by Crippen LogP contribution is -2.24. The number of carbonyl (C=O) groups excluding carboxylic acids is 1. The fraction of sp³-hybridized carbons (Fsp3) is 0.167. The number of hydrogen-bond acceptors (Lipinski definition) is 4. The lowest BCUT2D eigenvalue weighted by Gasteiger charge is -2.10. The Kier molecular flexibility index (Phi) is 5.95. The second-order valence-corrected chi connectivity index (χ2v) is 7.31. The fourth-order valence-electron chi connectivity index (χ4n) is 3.43. The molecule has 4 rings (SSSR count). The van der Waals surface area contributed by atoms with Gasteiger partial charge < -0.3 is 5.32 Å². The number of benzene rings is 2. The molecule has 2 heterocycles. The van der Waals surface area contributed by atoms with E-state index in [4.69, 9.17) is 0 Å². The average molecular weight is 452 g/mol. The molecule has 168 valence electrons. The van der Waals surface area contributed by atoms with E-state index in [0.717, 1.165) is 12.1 Å². The Labute approximate surface area is 186 Å². The second-order valence-electron chi connectivity index (χ2n) is 7.31. The predicted octanol–water partition coefficient (Wildman–Crippen LogP) is 4.43. The highest BCUT2D eigenvalue weighted by Gasteiger charge is 2.29. The molecule has 9 heteroatoms. The Hall–Kier alpha value is -4.01. The molecule has 0 radical (unpaired) electrons. The first-order chi connectivity index (χ1) is 15.8. The molecular formula is C24H19F3N4O2. The molecule has 0 aliphatic carbocycles. The van der Waals surface area contributed by atoms with Crippen LogP contribution in [-0.2, 0) is 19.3 Å². The van der Waals surface area contributed by atoms with Crippen molar-refractivity contribution < 1.29 is 18.0 Å². The van der Waals surface area contributed by atoms with E-state index < -0.39 is 11.7 Å². The first-order valence-corrected chi connectivity index (χ1v) is 10.2. The molecular weight excluding hydrogens is 433 g/mol. The van der Waals surface area contributed by atoms with E-state index in [2.05, 4.69) is 15.3 Å². The van der Waals surface area contributed by atoms with Gasteiger partial charge in [-0.3, -0.25) is 14.2 Å². The van der Waals surface area contributed by atoms with Crippen LogP contribution >= 0.6 is 0 Å². The molecule has 4 aromatic rings. The van der Waals surface area contributed by atoms with E-state index in [-0.39, 0.29) is 23.7 Å². The summed E-state index contributed by atoms with van der Waals surface area (Å²) in [5, 5.41) is 2.68. The van der Waals surface area contributed by atoms with Crippen LogP contribution in [-0.4, -0.2) is 20.4 Å². The highest BCUT2D eigenvalue weighted by Crippen LogP contribution is 2.29. The number of aromatic nitrogens is 3. The molecule has 0 saturated heterocycles. The highest BCUT2D eigenvalue weighted by molar-refractivity contribution is 5.94. The van der Waals surface area contributed by atoms with Gasteiger partial charge in [-0.1, -0.05) is 24.3 Å². The van der Waals surface area contributed by atoms with Crippen LogP contribution in [0.5, 0.6) is 0 Å². The van der Waals surface area contributed by atoms with Crippen molar-refractivity contribution in [1.29, 1.82) is 0 Å². The van der Waals surface area contributed by atoms with Gasteiger partial charge in [0.2, 0.25) is 0 Å². The van der Waals surface area contributed by atoms with Gasteiger partial charge in [0.15, 0.2) is 5.65 Å². The largest absolute Gasteiger partial charge is 0.416 e. The van der Waals surface area contributed by atoms with Crippen molar-refractivity contribution in [2.75, 3.05) is 0 Å². The Morgan fingerprint density at radius 2 is 1.73 bits per heavy atom. The van der Waals surface area contributed by atoms with E-state index in [1.165, 1.54) is 12.1 Å². The van der Waals surface area contributed by atoms with Gasteiger partial charge in [-0.05, 0) is 48.9 Å². The van der Waals surface area contributed by atoms with Gasteiger partial charge in [-0.2, -0.15) is 13.2 Å². The molecule has 33 heavy (non-hydrogen) atoms. The van der Waals surface area contributed by atoms with Gasteiger partial charge >= 0.3 is 6.18 Å². The summed E-state index contributed by atoms with van der Waals surface area (Å²) in [7, 11) is 0. The summed E-state index contributed by atoms with van der Waals surface area (Å²) in [6, 6.07) is 14.5. The quantitative estimate of drug-likeness (QED) is 0.486. The smallest absolute Gasteiger partial charge is 0.348 e. The molecule has 0 unspecified atom stereocenters. The number of fused-ring (bicyclic) bond motifs is 1. The van der Waals surface area contributed by atoms with Crippen LogP contribution in [0.25, 0.3) is 22.4 Å². The maximum absolute atomic E-state index is 12.9. The number of carbonyl (C=O) groups is 1. The fourth-order valence-corrected chi connectivity index (χ4v) is 3.43. The lowest BCUT2D eigenvalue weighted by atomic mass is 10.1. The summed E-state index contributed by atoms with van der Waals surface area (Å²) in [6.45, 7) is 2.37. The number of halogens is 3. The summed E-state index contributed by atoms with van der Waals surface area (Å²) in [5.41, 5.74) is 1.80. The van der Waals surface area contributed by atoms with Crippen LogP contribution in [0.1, 0.15) is 28.4 Å². The second kappa shape index (κ2) is 8.85. The molecule has 0 fully saturated rings. The number of aryl methyl sites for hydroxylation is 1. The van der Waals surface area contributed by atoms with E-state index in [1.54, 1.807) is 47.2 Å². The van der Waals surface area contributed by atoms with E-state index in [9.17, 15) is 22.8 Å². The zero-order valence-corrected chi connectivity index (χ0v) is 17.6. The Morgan fingerprint density at radius 3 is 2.36 bits per heavy atom. The molecule has 2 aromatic carbocycles. The average Bonchev–Trinajstić information content (AvgIpc) is 2.82. The van der Waals surface area contributed by atoms with E-state index in [1.807, 2.05) is 6.92 Å². The molecule has 0 atom stereocenters. The molecule has 2 aromatic heterocycles. The summed E-state index contributed by atoms with van der Waals surface area (Å²) in [5.74, 6) is -0.386. The number of nitrogens with zero attached hydrogens (tertiary/aromatic N) is 3. The molecule has 0 spiro atoms. The normalized spacial score (nSPS) is 11.5. The standard InChI is InChI=1S/C24H19F3N4O2/c1-2-31-21-19(4-3-13-28-21)30-20(23(31)33)16-7-9-17(10-8-16)22(32)29-14-15-5-11-18(12-6-15)24(25,26)27/h3-13H,2,14H2,1H3,(H,29,32). The zero-order chi connectivity index (χ0) is 23.6. The number of hydrogen-bond donors (Lipinski definition) is 1. The minimum atomic E-state index is -4.40. The molecule has 6 nitrogen and oxygen atoms in total. The summed E-state index contributed by atoms with van der Waals surface area (Å²) in [4.78, 5) is 34.0. The third kappa shape index (κ3) is 4.62. The molecule has 1 amide bonds. The summed E-state index contributed by atoms with van der Waals surface area (Å²) < 4.78 is 39.5. The number of alkyl halides is 3. The Balaban J connectivity index is 1.51. The van der Waals surface area contributed by atoms with Crippen LogP contribution in [0.3, 0.4) is 0 Å². The maximum Gasteiger partial charge on any atom is 0.416 e.